The maximum absolute atomic E-state index is 12.7. The smallest absolute Gasteiger partial charge is 0.252 e. The fraction of sp³-hybridized carbons (Fsp3) is 0.389. The molecule has 1 aromatic heterocycles. The van der Waals surface area contributed by atoms with Crippen molar-refractivity contribution in [3.63, 3.8) is 0 Å². The Hall–Kier alpha value is -2.47. The number of aromatic nitrogens is 2. The van der Waals surface area contributed by atoms with E-state index >= 15 is 0 Å². The molecule has 1 aromatic carbocycles. The molecule has 0 aliphatic carbocycles. The molecule has 0 N–H and O–H groups in total. The van der Waals surface area contributed by atoms with E-state index in [0.29, 0.717) is 32.0 Å². The van der Waals surface area contributed by atoms with Crippen LogP contribution in [0.4, 0.5) is 0 Å². The zero-order chi connectivity index (χ0) is 16.4. The highest BCUT2D eigenvalue weighted by Gasteiger charge is 2.34. The van der Waals surface area contributed by atoms with Gasteiger partial charge in [-0.25, -0.2) is 0 Å². The first-order chi connectivity index (χ1) is 11.8. The molecule has 6 nitrogen and oxygen atoms in total. The monoisotopic (exact) mass is 325 g/mol. The summed E-state index contributed by atoms with van der Waals surface area (Å²) >= 11 is 0. The molecule has 1 fully saturated rings. The Bertz CT molecular complexity index is 722. The summed E-state index contributed by atoms with van der Waals surface area (Å²) in [6.07, 6.45) is 2.61. The molecule has 6 heteroatoms. The number of fused-ring (bicyclic) bond motifs is 1. The average molecular weight is 325 g/mol. The van der Waals surface area contributed by atoms with E-state index in [0.717, 1.165) is 6.42 Å². The van der Waals surface area contributed by atoms with Gasteiger partial charge < -0.3 is 14.4 Å². The summed E-state index contributed by atoms with van der Waals surface area (Å²) in [5.74, 6) is 0.550. The van der Waals surface area contributed by atoms with Crippen LogP contribution in [-0.2, 0) is 22.6 Å². The Morgan fingerprint density at radius 2 is 2.08 bits per heavy atom. The zero-order valence-electron chi connectivity index (χ0n) is 13.3. The lowest BCUT2D eigenvalue weighted by atomic mass is 9.98. The summed E-state index contributed by atoms with van der Waals surface area (Å²) in [6.45, 7) is 1.75. The van der Waals surface area contributed by atoms with Gasteiger partial charge in [-0.2, -0.15) is 5.10 Å². The highest BCUT2D eigenvalue weighted by molar-refractivity contribution is 5.82. The van der Waals surface area contributed by atoms with Gasteiger partial charge in [-0.1, -0.05) is 24.3 Å². The number of amides is 1. The normalized spacial score (nSPS) is 22.9. The van der Waals surface area contributed by atoms with E-state index < -0.39 is 6.10 Å². The molecular weight excluding hydrogens is 306 g/mol. The average Bonchev–Trinajstić information content (AvgIpc) is 3.10. The van der Waals surface area contributed by atoms with E-state index in [1.807, 2.05) is 17.0 Å². The molecule has 0 radical (unpaired) electrons. The highest BCUT2D eigenvalue weighted by Crippen LogP contribution is 2.23. The second-order valence-corrected chi connectivity index (χ2v) is 6.15. The third kappa shape index (κ3) is 3.10. The molecule has 0 unspecified atom stereocenters. The minimum atomic E-state index is -0.393. The first-order valence-electron chi connectivity index (χ1n) is 8.21. The van der Waals surface area contributed by atoms with Crippen LogP contribution in [0.15, 0.2) is 42.6 Å². The molecule has 1 saturated heterocycles. The van der Waals surface area contributed by atoms with Crippen LogP contribution in [0, 0.1) is 0 Å². The van der Waals surface area contributed by atoms with E-state index in [2.05, 4.69) is 22.3 Å². The predicted molar refractivity (Wildman–Crippen MR) is 86.4 cm³/mol. The quantitative estimate of drug-likeness (QED) is 0.857. The van der Waals surface area contributed by atoms with Crippen LogP contribution in [0.5, 0.6) is 5.88 Å². The molecule has 2 aliphatic rings. The van der Waals surface area contributed by atoms with Gasteiger partial charge in [-0.15, -0.1) is 5.10 Å². The maximum Gasteiger partial charge on any atom is 0.252 e. The van der Waals surface area contributed by atoms with E-state index in [1.54, 1.807) is 18.3 Å². The number of benzene rings is 1. The van der Waals surface area contributed by atoms with Crippen molar-refractivity contribution in [2.75, 3.05) is 13.1 Å². The van der Waals surface area contributed by atoms with Gasteiger partial charge in [0.2, 0.25) is 5.88 Å². The standard InChI is InChI=1S/C18H19N3O3/c22-18(16-10-13-4-1-2-5-14(13)12-23-16)21-9-7-15(11-21)24-17-6-3-8-19-20-17/h1-6,8,15-16H,7,9-12H2/t15-,16-/m1/s1. The van der Waals surface area contributed by atoms with Gasteiger partial charge in [0.05, 0.1) is 13.2 Å². The molecule has 2 aliphatic heterocycles. The second-order valence-electron chi connectivity index (χ2n) is 6.15. The van der Waals surface area contributed by atoms with Gasteiger partial charge in [-0.05, 0) is 17.2 Å². The Morgan fingerprint density at radius 1 is 1.21 bits per heavy atom. The summed E-state index contributed by atoms with van der Waals surface area (Å²) < 4.78 is 11.6. The van der Waals surface area contributed by atoms with Crippen LogP contribution in [0.2, 0.25) is 0 Å². The fourth-order valence-corrected chi connectivity index (χ4v) is 3.25. The van der Waals surface area contributed by atoms with E-state index in [1.165, 1.54) is 11.1 Å². The van der Waals surface area contributed by atoms with Gasteiger partial charge in [0.15, 0.2) is 0 Å². The van der Waals surface area contributed by atoms with Crippen LogP contribution in [0.3, 0.4) is 0 Å². The lowest BCUT2D eigenvalue weighted by molar-refractivity contribution is -0.144. The van der Waals surface area contributed by atoms with Crippen molar-refractivity contribution >= 4 is 5.91 Å². The number of rotatable bonds is 3. The first kappa shape index (κ1) is 15.1. The van der Waals surface area contributed by atoms with Crippen LogP contribution < -0.4 is 4.74 Å². The van der Waals surface area contributed by atoms with Gasteiger partial charge in [0.25, 0.3) is 5.91 Å². The lowest BCUT2D eigenvalue weighted by Crippen LogP contribution is -2.42. The number of nitrogens with zero attached hydrogens (tertiary/aromatic N) is 3. The summed E-state index contributed by atoms with van der Waals surface area (Å²) in [6, 6.07) is 11.7. The molecule has 3 heterocycles. The topological polar surface area (TPSA) is 64.5 Å². The third-order valence-electron chi connectivity index (χ3n) is 4.53. The molecule has 124 valence electrons. The van der Waals surface area contributed by atoms with E-state index in [-0.39, 0.29) is 12.0 Å². The Morgan fingerprint density at radius 3 is 2.92 bits per heavy atom. The molecule has 2 atom stereocenters. The summed E-state index contributed by atoms with van der Waals surface area (Å²) in [7, 11) is 0. The molecule has 1 amide bonds. The second kappa shape index (κ2) is 6.57. The number of ether oxygens (including phenoxy) is 2. The van der Waals surface area contributed by atoms with E-state index in [9.17, 15) is 4.79 Å². The van der Waals surface area contributed by atoms with Crippen molar-refractivity contribution in [2.24, 2.45) is 0 Å². The molecule has 2 aromatic rings. The van der Waals surface area contributed by atoms with Crippen LogP contribution in [0.1, 0.15) is 17.5 Å². The van der Waals surface area contributed by atoms with Gasteiger partial charge in [0.1, 0.15) is 12.2 Å². The third-order valence-corrected chi connectivity index (χ3v) is 4.53. The van der Waals surface area contributed by atoms with E-state index in [4.69, 9.17) is 9.47 Å². The largest absolute Gasteiger partial charge is 0.471 e. The first-order valence-corrected chi connectivity index (χ1v) is 8.21. The minimum Gasteiger partial charge on any atom is -0.471 e. The fourth-order valence-electron chi connectivity index (χ4n) is 3.25. The predicted octanol–water partition coefficient (Wildman–Crippen LogP) is 1.60. The van der Waals surface area contributed by atoms with Crippen molar-refractivity contribution in [1.82, 2.24) is 15.1 Å². The zero-order valence-corrected chi connectivity index (χ0v) is 13.3. The number of carbonyl (C=O) groups excluding carboxylic acids is 1. The van der Waals surface area contributed by atoms with Gasteiger partial charge >= 0.3 is 0 Å². The molecule has 0 bridgehead atoms. The van der Waals surface area contributed by atoms with Crippen molar-refractivity contribution in [1.29, 1.82) is 0 Å². The number of likely N-dealkylation sites (tertiary alicyclic amines) is 1. The Kier molecular flexibility index (Phi) is 4.13. The molecule has 0 saturated carbocycles. The molecule has 0 spiro atoms. The molecule has 4 rings (SSSR count). The summed E-state index contributed by atoms with van der Waals surface area (Å²) in [5.41, 5.74) is 2.38. The SMILES string of the molecule is O=C([C@H]1Cc2ccccc2CO1)N1CC[C@@H](Oc2cccnn2)C1. The summed E-state index contributed by atoms with van der Waals surface area (Å²) in [4.78, 5) is 14.6. The van der Waals surface area contributed by atoms with Crippen molar-refractivity contribution < 1.29 is 14.3 Å². The van der Waals surface area contributed by atoms with Crippen LogP contribution in [-0.4, -0.2) is 46.3 Å². The lowest BCUT2D eigenvalue weighted by Gasteiger charge is -2.28. The van der Waals surface area contributed by atoms with Gasteiger partial charge in [0, 0.05) is 31.6 Å². The van der Waals surface area contributed by atoms with Crippen molar-refractivity contribution in [3.05, 3.63) is 53.7 Å². The number of hydrogen-bond acceptors (Lipinski definition) is 5. The Balaban J connectivity index is 1.36. The molecule has 24 heavy (non-hydrogen) atoms. The van der Waals surface area contributed by atoms with Gasteiger partial charge in [-0.3, -0.25) is 4.79 Å². The van der Waals surface area contributed by atoms with Crippen molar-refractivity contribution in [2.45, 2.75) is 31.7 Å². The van der Waals surface area contributed by atoms with Crippen LogP contribution >= 0.6 is 0 Å². The summed E-state index contributed by atoms with van der Waals surface area (Å²) in [5, 5.41) is 7.73. The maximum atomic E-state index is 12.7. The number of hydrogen-bond donors (Lipinski definition) is 0. The highest BCUT2D eigenvalue weighted by atomic mass is 16.5. The minimum absolute atomic E-state index is 0.0403. The molecular formula is C18H19N3O3. The Labute approximate surface area is 140 Å². The van der Waals surface area contributed by atoms with Crippen LogP contribution in [0.25, 0.3) is 0 Å². The van der Waals surface area contributed by atoms with Crippen molar-refractivity contribution in [3.8, 4) is 5.88 Å². The number of carbonyl (C=O) groups is 1.